The fourth-order valence-corrected chi connectivity index (χ4v) is 5.40. The third-order valence-corrected chi connectivity index (χ3v) is 6.71. The summed E-state index contributed by atoms with van der Waals surface area (Å²) in [5, 5.41) is 0. The number of carbonyl (C=O) groups is 1. The van der Waals surface area contributed by atoms with Crippen LogP contribution in [-0.2, 0) is 20.3 Å². The Morgan fingerprint density at radius 3 is 2.39 bits per heavy atom. The van der Waals surface area contributed by atoms with Gasteiger partial charge in [0.25, 0.3) is 0 Å². The van der Waals surface area contributed by atoms with Gasteiger partial charge in [-0.1, -0.05) is 34.1 Å². The van der Waals surface area contributed by atoms with Crippen LogP contribution in [0, 0.1) is 6.92 Å². The van der Waals surface area contributed by atoms with Crippen LogP contribution < -0.4 is 0 Å². The molecule has 0 N–H and O–H groups in total. The van der Waals surface area contributed by atoms with Crippen LogP contribution in [0.3, 0.4) is 0 Å². The minimum Gasteiger partial charge on any atom is -0.465 e. The van der Waals surface area contributed by atoms with E-state index in [0.29, 0.717) is 15.6 Å². The van der Waals surface area contributed by atoms with Crippen molar-refractivity contribution in [1.82, 2.24) is 0 Å². The lowest BCUT2D eigenvalue weighted by Crippen LogP contribution is -2.10. The fourth-order valence-electron chi connectivity index (χ4n) is 2.12. The highest BCUT2D eigenvalue weighted by molar-refractivity contribution is 9.10. The van der Waals surface area contributed by atoms with E-state index in [4.69, 9.17) is 4.74 Å². The second kappa shape index (κ2) is 7.15. The SMILES string of the molecule is COC(=O)c1cc(S(=O)(=O)Cc2ccccc2Br)c(Br)cc1C. The molecule has 0 aromatic heterocycles. The monoisotopic (exact) mass is 460 g/mol. The van der Waals surface area contributed by atoms with E-state index in [0.717, 1.165) is 4.47 Å². The first-order valence-corrected chi connectivity index (χ1v) is 9.84. The first-order chi connectivity index (χ1) is 10.8. The highest BCUT2D eigenvalue weighted by Crippen LogP contribution is 2.30. The largest absolute Gasteiger partial charge is 0.465 e. The summed E-state index contributed by atoms with van der Waals surface area (Å²) in [6.07, 6.45) is 0. The van der Waals surface area contributed by atoms with Crippen molar-refractivity contribution in [3.05, 3.63) is 62.0 Å². The summed E-state index contributed by atoms with van der Waals surface area (Å²) in [5.74, 6) is -0.733. The summed E-state index contributed by atoms with van der Waals surface area (Å²) in [4.78, 5) is 11.9. The van der Waals surface area contributed by atoms with E-state index >= 15 is 0 Å². The molecular weight excluding hydrogens is 448 g/mol. The molecule has 2 aromatic carbocycles. The molecule has 0 atom stereocenters. The van der Waals surface area contributed by atoms with Gasteiger partial charge in [0.15, 0.2) is 9.84 Å². The molecule has 122 valence electrons. The van der Waals surface area contributed by atoms with Crippen LogP contribution in [0.15, 0.2) is 50.2 Å². The van der Waals surface area contributed by atoms with Crippen molar-refractivity contribution in [2.24, 2.45) is 0 Å². The maximum atomic E-state index is 12.7. The molecular formula is C16H14Br2O4S. The number of hydrogen-bond donors (Lipinski definition) is 0. The van der Waals surface area contributed by atoms with Gasteiger partial charge in [0.2, 0.25) is 0 Å². The molecule has 0 saturated carbocycles. The normalized spacial score (nSPS) is 11.3. The summed E-state index contributed by atoms with van der Waals surface area (Å²) in [7, 11) is -2.37. The fraction of sp³-hybridized carbons (Fsp3) is 0.188. The van der Waals surface area contributed by atoms with Gasteiger partial charge in [0.05, 0.1) is 23.3 Å². The van der Waals surface area contributed by atoms with Gasteiger partial charge in [-0.2, -0.15) is 0 Å². The van der Waals surface area contributed by atoms with Gasteiger partial charge in [-0.3, -0.25) is 0 Å². The predicted octanol–water partition coefficient (Wildman–Crippen LogP) is 4.28. The van der Waals surface area contributed by atoms with Crippen molar-refractivity contribution in [2.45, 2.75) is 17.6 Å². The Hall–Kier alpha value is -1.18. The van der Waals surface area contributed by atoms with Crippen LogP contribution in [0.4, 0.5) is 0 Å². The molecule has 2 rings (SSSR count). The number of carbonyl (C=O) groups excluding carboxylic acids is 1. The topological polar surface area (TPSA) is 60.4 Å². The molecule has 23 heavy (non-hydrogen) atoms. The van der Waals surface area contributed by atoms with Gasteiger partial charge in [0.1, 0.15) is 0 Å². The van der Waals surface area contributed by atoms with Crippen LogP contribution >= 0.6 is 31.9 Å². The highest BCUT2D eigenvalue weighted by Gasteiger charge is 2.23. The van der Waals surface area contributed by atoms with E-state index in [-0.39, 0.29) is 16.2 Å². The third kappa shape index (κ3) is 4.02. The predicted molar refractivity (Wildman–Crippen MR) is 95.3 cm³/mol. The first kappa shape index (κ1) is 18.2. The number of aryl methyl sites for hydroxylation is 1. The third-order valence-electron chi connectivity index (χ3n) is 3.32. The van der Waals surface area contributed by atoms with Crippen LogP contribution in [0.1, 0.15) is 21.5 Å². The summed E-state index contributed by atoms with van der Waals surface area (Å²) < 4.78 is 31.3. The zero-order valence-corrected chi connectivity index (χ0v) is 16.5. The van der Waals surface area contributed by atoms with Crippen LogP contribution in [0.2, 0.25) is 0 Å². The van der Waals surface area contributed by atoms with Crippen LogP contribution in [0.5, 0.6) is 0 Å². The number of esters is 1. The van der Waals surface area contributed by atoms with Crippen molar-refractivity contribution in [1.29, 1.82) is 0 Å². The Balaban J connectivity index is 2.52. The van der Waals surface area contributed by atoms with Crippen molar-refractivity contribution < 1.29 is 17.9 Å². The zero-order chi connectivity index (χ0) is 17.2. The lowest BCUT2D eigenvalue weighted by molar-refractivity contribution is 0.0599. The average Bonchev–Trinajstić information content (AvgIpc) is 2.48. The number of sulfone groups is 1. The van der Waals surface area contributed by atoms with Gasteiger partial charge in [0, 0.05) is 8.95 Å². The molecule has 0 aliphatic rings. The molecule has 7 heteroatoms. The average molecular weight is 462 g/mol. The van der Waals surface area contributed by atoms with E-state index in [9.17, 15) is 13.2 Å². The van der Waals surface area contributed by atoms with E-state index in [1.165, 1.54) is 13.2 Å². The smallest absolute Gasteiger partial charge is 0.338 e. The van der Waals surface area contributed by atoms with Gasteiger partial charge < -0.3 is 4.74 Å². The maximum absolute atomic E-state index is 12.7. The highest BCUT2D eigenvalue weighted by atomic mass is 79.9. The Morgan fingerprint density at radius 1 is 1.13 bits per heavy atom. The summed E-state index contributed by atoms with van der Waals surface area (Å²) in [6, 6.07) is 10.1. The van der Waals surface area contributed by atoms with Crippen molar-refractivity contribution >= 4 is 47.7 Å². The van der Waals surface area contributed by atoms with E-state index in [2.05, 4.69) is 31.9 Å². The lowest BCUT2D eigenvalue weighted by Gasteiger charge is -2.12. The lowest BCUT2D eigenvalue weighted by atomic mass is 10.1. The summed E-state index contributed by atoms with van der Waals surface area (Å²) >= 11 is 6.63. The Morgan fingerprint density at radius 2 is 1.78 bits per heavy atom. The molecule has 0 spiro atoms. The minimum atomic E-state index is -3.63. The minimum absolute atomic E-state index is 0.0688. The first-order valence-electron chi connectivity index (χ1n) is 6.61. The van der Waals surface area contributed by atoms with Crippen LogP contribution in [0.25, 0.3) is 0 Å². The second-order valence-electron chi connectivity index (χ2n) is 4.94. The van der Waals surface area contributed by atoms with Gasteiger partial charge in [-0.15, -0.1) is 0 Å². The van der Waals surface area contributed by atoms with Gasteiger partial charge >= 0.3 is 5.97 Å². The molecule has 0 unspecified atom stereocenters. The number of methoxy groups -OCH3 is 1. The van der Waals surface area contributed by atoms with Crippen molar-refractivity contribution in [2.75, 3.05) is 7.11 Å². The molecule has 0 fully saturated rings. The van der Waals surface area contributed by atoms with Crippen molar-refractivity contribution in [3.63, 3.8) is 0 Å². The number of rotatable bonds is 4. The Bertz CT molecular complexity index is 860. The molecule has 0 aliphatic heterocycles. The molecule has 0 bridgehead atoms. The number of ether oxygens (including phenoxy) is 1. The van der Waals surface area contributed by atoms with Gasteiger partial charge in [-0.25, -0.2) is 13.2 Å². The molecule has 4 nitrogen and oxygen atoms in total. The Kier molecular flexibility index (Phi) is 5.65. The number of benzene rings is 2. The number of halogens is 2. The molecule has 0 amide bonds. The quantitative estimate of drug-likeness (QED) is 0.637. The molecule has 0 heterocycles. The summed E-state index contributed by atoms with van der Waals surface area (Å²) in [6.45, 7) is 1.72. The zero-order valence-electron chi connectivity index (χ0n) is 12.5. The van der Waals surface area contributed by atoms with E-state index in [1.807, 2.05) is 6.07 Å². The standard InChI is InChI=1S/C16H14Br2O4S/c1-10-7-14(18)15(8-12(10)16(19)22-2)23(20,21)9-11-5-3-4-6-13(11)17/h3-8H,9H2,1-2H3. The second-order valence-corrected chi connectivity index (χ2v) is 8.61. The van der Waals surface area contributed by atoms with E-state index < -0.39 is 15.8 Å². The van der Waals surface area contributed by atoms with Crippen molar-refractivity contribution in [3.8, 4) is 0 Å². The van der Waals surface area contributed by atoms with E-state index in [1.54, 1.807) is 31.2 Å². The van der Waals surface area contributed by atoms with Crippen LogP contribution in [-0.4, -0.2) is 21.5 Å². The molecule has 0 aliphatic carbocycles. The maximum Gasteiger partial charge on any atom is 0.338 e. The van der Waals surface area contributed by atoms with Gasteiger partial charge in [-0.05, 0) is 52.2 Å². The summed E-state index contributed by atoms with van der Waals surface area (Å²) in [5.41, 5.74) is 1.53. The molecule has 0 radical (unpaired) electrons. The molecule has 2 aromatic rings. The molecule has 0 saturated heterocycles. The Labute approximate surface area is 152 Å². The number of hydrogen-bond acceptors (Lipinski definition) is 4.